The first-order chi connectivity index (χ1) is 10.2. The summed E-state index contributed by atoms with van der Waals surface area (Å²) in [4.78, 5) is 10.7. The van der Waals surface area contributed by atoms with Crippen LogP contribution < -0.4 is 0 Å². The van der Waals surface area contributed by atoms with Crippen LogP contribution in [0.5, 0.6) is 0 Å². The minimum atomic E-state index is -4.00. The molecule has 0 unspecified atom stereocenters. The summed E-state index contributed by atoms with van der Waals surface area (Å²) in [6.45, 7) is 0.123. The molecule has 0 aliphatic carbocycles. The molecule has 1 heterocycles. The summed E-state index contributed by atoms with van der Waals surface area (Å²) in [6, 6.07) is 7.10. The van der Waals surface area contributed by atoms with E-state index in [1.54, 1.807) is 6.07 Å². The molecular formula is C12H10BrClN2O4S2. The lowest BCUT2D eigenvalue weighted by atomic mass is 10.3. The van der Waals surface area contributed by atoms with Crippen LogP contribution in [0.4, 0.5) is 5.69 Å². The predicted octanol–water partition coefficient (Wildman–Crippen LogP) is 3.89. The molecular weight excluding hydrogens is 416 g/mol. The van der Waals surface area contributed by atoms with Crippen molar-refractivity contribution in [2.75, 3.05) is 7.05 Å². The Labute approximate surface area is 144 Å². The summed E-state index contributed by atoms with van der Waals surface area (Å²) in [6.07, 6.45) is 0. The van der Waals surface area contributed by atoms with Gasteiger partial charge in [-0.15, -0.1) is 11.3 Å². The average molecular weight is 426 g/mol. The summed E-state index contributed by atoms with van der Waals surface area (Å²) >= 11 is 10.4. The standard InChI is InChI=1S/C12H10BrClN2O4S2/c1-15(7-9-3-5-12(13)21-9)22(19,20)11-4-2-8(14)6-10(11)16(17)18/h2-6H,7H2,1H3. The molecule has 2 aromatic rings. The highest BCUT2D eigenvalue weighted by molar-refractivity contribution is 9.11. The van der Waals surface area contributed by atoms with E-state index in [2.05, 4.69) is 15.9 Å². The van der Waals surface area contributed by atoms with Crippen molar-refractivity contribution in [2.24, 2.45) is 0 Å². The van der Waals surface area contributed by atoms with E-state index >= 15 is 0 Å². The number of hydrogen-bond donors (Lipinski definition) is 0. The molecule has 10 heteroatoms. The Morgan fingerprint density at radius 1 is 1.36 bits per heavy atom. The van der Waals surface area contributed by atoms with Crippen LogP contribution in [0, 0.1) is 10.1 Å². The fourth-order valence-electron chi connectivity index (χ4n) is 1.76. The number of nitrogens with zero attached hydrogens (tertiary/aromatic N) is 2. The van der Waals surface area contributed by atoms with Crippen molar-refractivity contribution in [3.05, 3.63) is 54.1 Å². The Bertz CT molecular complexity index is 822. The van der Waals surface area contributed by atoms with Gasteiger partial charge in [-0.25, -0.2) is 8.42 Å². The monoisotopic (exact) mass is 424 g/mol. The van der Waals surface area contributed by atoms with Crippen molar-refractivity contribution in [2.45, 2.75) is 11.4 Å². The maximum Gasteiger partial charge on any atom is 0.290 e. The Kier molecular flexibility index (Phi) is 5.23. The first-order valence-corrected chi connectivity index (χ1v) is 9.29. The maximum atomic E-state index is 12.6. The molecule has 1 aromatic heterocycles. The van der Waals surface area contributed by atoms with Gasteiger partial charge in [-0.3, -0.25) is 10.1 Å². The van der Waals surface area contributed by atoms with Gasteiger partial charge in [0.1, 0.15) is 0 Å². The zero-order valence-electron chi connectivity index (χ0n) is 11.2. The molecule has 0 saturated heterocycles. The Hall–Kier alpha value is -1.00. The minimum absolute atomic E-state index is 0.107. The molecule has 1 aromatic carbocycles. The number of benzene rings is 1. The zero-order chi connectivity index (χ0) is 16.5. The third-order valence-electron chi connectivity index (χ3n) is 2.81. The second kappa shape index (κ2) is 6.63. The van der Waals surface area contributed by atoms with E-state index < -0.39 is 20.6 Å². The molecule has 118 valence electrons. The summed E-state index contributed by atoms with van der Waals surface area (Å²) in [5, 5.41) is 11.2. The quantitative estimate of drug-likeness (QED) is 0.537. The number of nitro groups is 1. The highest BCUT2D eigenvalue weighted by Crippen LogP contribution is 2.30. The normalized spacial score (nSPS) is 11.8. The molecule has 0 N–H and O–H groups in total. The molecule has 22 heavy (non-hydrogen) atoms. The van der Waals surface area contributed by atoms with Crippen LogP contribution in [0.1, 0.15) is 4.88 Å². The van der Waals surface area contributed by atoms with Gasteiger partial charge in [0, 0.05) is 29.6 Å². The maximum absolute atomic E-state index is 12.6. The second-order valence-corrected chi connectivity index (χ2v) is 9.33. The number of hydrogen-bond acceptors (Lipinski definition) is 5. The molecule has 0 radical (unpaired) electrons. The first kappa shape index (κ1) is 17.4. The molecule has 0 atom stereocenters. The fourth-order valence-corrected chi connectivity index (χ4v) is 4.83. The van der Waals surface area contributed by atoms with Gasteiger partial charge >= 0.3 is 0 Å². The zero-order valence-corrected chi connectivity index (χ0v) is 15.2. The van der Waals surface area contributed by atoms with Crippen LogP contribution in [-0.4, -0.2) is 24.7 Å². The molecule has 0 aliphatic rings. The van der Waals surface area contributed by atoms with Crippen LogP contribution in [0.3, 0.4) is 0 Å². The molecule has 0 bridgehead atoms. The summed E-state index contributed by atoms with van der Waals surface area (Å²) in [7, 11) is -2.62. The van der Waals surface area contributed by atoms with Gasteiger partial charge in [0.2, 0.25) is 10.0 Å². The Morgan fingerprint density at radius 3 is 2.59 bits per heavy atom. The van der Waals surface area contributed by atoms with Crippen LogP contribution in [0.15, 0.2) is 39.0 Å². The van der Waals surface area contributed by atoms with E-state index in [9.17, 15) is 18.5 Å². The lowest BCUT2D eigenvalue weighted by molar-refractivity contribution is -0.387. The third kappa shape index (κ3) is 3.66. The van der Waals surface area contributed by atoms with Gasteiger partial charge in [0.15, 0.2) is 4.90 Å². The fraction of sp³-hybridized carbons (Fsp3) is 0.167. The van der Waals surface area contributed by atoms with Gasteiger partial charge in [-0.1, -0.05) is 11.6 Å². The molecule has 0 saturated carbocycles. The Balaban J connectivity index is 2.39. The number of nitro benzene ring substituents is 1. The van der Waals surface area contributed by atoms with E-state index in [4.69, 9.17) is 11.6 Å². The first-order valence-electron chi connectivity index (χ1n) is 5.86. The van der Waals surface area contributed by atoms with Gasteiger partial charge < -0.3 is 0 Å². The van der Waals surface area contributed by atoms with E-state index in [1.165, 1.54) is 24.5 Å². The topological polar surface area (TPSA) is 80.5 Å². The molecule has 0 amide bonds. The van der Waals surface area contributed by atoms with E-state index in [-0.39, 0.29) is 16.5 Å². The molecule has 0 spiro atoms. The molecule has 0 fully saturated rings. The van der Waals surface area contributed by atoms with Gasteiger partial charge in [-0.2, -0.15) is 4.31 Å². The number of sulfonamides is 1. The van der Waals surface area contributed by atoms with Crippen LogP contribution >= 0.6 is 38.9 Å². The van der Waals surface area contributed by atoms with Crippen LogP contribution in [0.25, 0.3) is 0 Å². The van der Waals surface area contributed by atoms with Crippen molar-refractivity contribution in [3.8, 4) is 0 Å². The van der Waals surface area contributed by atoms with Gasteiger partial charge in [0.05, 0.1) is 8.71 Å². The van der Waals surface area contributed by atoms with Gasteiger partial charge in [0.25, 0.3) is 5.69 Å². The van der Waals surface area contributed by atoms with Crippen LogP contribution in [0.2, 0.25) is 5.02 Å². The molecule has 2 rings (SSSR count). The Morgan fingerprint density at radius 2 is 2.05 bits per heavy atom. The highest BCUT2D eigenvalue weighted by atomic mass is 79.9. The van der Waals surface area contributed by atoms with E-state index in [0.29, 0.717) is 0 Å². The highest BCUT2D eigenvalue weighted by Gasteiger charge is 2.30. The number of rotatable bonds is 5. The predicted molar refractivity (Wildman–Crippen MR) is 88.8 cm³/mol. The molecule has 0 aliphatic heterocycles. The van der Waals surface area contributed by atoms with Crippen molar-refractivity contribution < 1.29 is 13.3 Å². The minimum Gasteiger partial charge on any atom is -0.258 e. The smallest absolute Gasteiger partial charge is 0.258 e. The molecule has 6 nitrogen and oxygen atoms in total. The largest absolute Gasteiger partial charge is 0.290 e. The average Bonchev–Trinajstić information content (AvgIpc) is 2.83. The van der Waals surface area contributed by atoms with E-state index in [1.807, 2.05) is 6.07 Å². The van der Waals surface area contributed by atoms with Crippen molar-refractivity contribution in [1.29, 1.82) is 0 Å². The van der Waals surface area contributed by atoms with Gasteiger partial charge in [-0.05, 0) is 40.2 Å². The van der Waals surface area contributed by atoms with Crippen molar-refractivity contribution >= 4 is 54.6 Å². The summed E-state index contributed by atoms with van der Waals surface area (Å²) < 4.78 is 27.1. The van der Waals surface area contributed by atoms with E-state index in [0.717, 1.165) is 25.1 Å². The van der Waals surface area contributed by atoms with Crippen LogP contribution in [-0.2, 0) is 16.6 Å². The third-order valence-corrected chi connectivity index (χ3v) is 6.51. The SMILES string of the molecule is CN(Cc1ccc(Br)s1)S(=O)(=O)c1ccc(Cl)cc1[N+](=O)[O-]. The van der Waals surface area contributed by atoms with Crippen molar-refractivity contribution in [1.82, 2.24) is 4.31 Å². The lowest BCUT2D eigenvalue weighted by Crippen LogP contribution is -2.26. The number of thiophene rings is 1. The summed E-state index contributed by atoms with van der Waals surface area (Å²) in [5.74, 6) is 0. The number of halogens is 2. The summed E-state index contributed by atoms with van der Waals surface area (Å²) in [5.41, 5.74) is -0.535. The second-order valence-electron chi connectivity index (χ2n) is 4.34. The van der Waals surface area contributed by atoms with Crippen molar-refractivity contribution in [3.63, 3.8) is 0 Å². The lowest BCUT2D eigenvalue weighted by Gasteiger charge is -2.16.